The van der Waals surface area contributed by atoms with Gasteiger partial charge < -0.3 is 4.90 Å². The topological polar surface area (TPSA) is 74.0 Å². The number of nitrogens with zero attached hydrogens (tertiary/aromatic N) is 4. The molecule has 2 aliphatic heterocycles. The highest BCUT2D eigenvalue weighted by molar-refractivity contribution is 5.94. The van der Waals surface area contributed by atoms with Crippen molar-refractivity contribution in [3.63, 3.8) is 0 Å². The maximum Gasteiger partial charge on any atom is 0.418 e. The lowest BCUT2D eigenvalue weighted by atomic mass is 9.65. The first-order valence-electron chi connectivity index (χ1n) is 14.9. The van der Waals surface area contributed by atoms with E-state index in [0.717, 1.165) is 55.7 Å². The SMILES string of the molecule is C[C@H]1CCCN(C(=O)c2cc(C(F)(F)F)c3cn(C4CCCC([C@@H](C5CCC5)C5NNCN5C)C4)c(=O)n3c2)C1. The molecule has 1 amide bonds. The molecule has 2 aromatic rings. The Morgan fingerprint density at radius 1 is 1.05 bits per heavy atom. The number of carbonyl (C=O) groups is 1. The summed E-state index contributed by atoms with van der Waals surface area (Å²) >= 11 is 0. The van der Waals surface area contributed by atoms with Crippen molar-refractivity contribution in [1.29, 1.82) is 0 Å². The zero-order valence-corrected chi connectivity index (χ0v) is 23.4. The normalized spacial score (nSPS) is 29.6. The molecule has 4 aliphatic rings. The molecule has 6 rings (SSSR count). The van der Waals surface area contributed by atoms with Crippen LogP contribution in [0, 0.1) is 23.7 Å². The number of fused-ring (bicyclic) bond motifs is 1. The second-order valence-electron chi connectivity index (χ2n) is 12.7. The lowest BCUT2D eigenvalue weighted by molar-refractivity contribution is -0.136. The number of hydrogen-bond acceptors (Lipinski definition) is 5. The minimum absolute atomic E-state index is 0.0804. The fourth-order valence-electron chi connectivity index (χ4n) is 7.77. The van der Waals surface area contributed by atoms with Gasteiger partial charge in [-0.25, -0.2) is 15.6 Å². The summed E-state index contributed by atoms with van der Waals surface area (Å²) < 4.78 is 45.5. The van der Waals surface area contributed by atoms with Gasteiger partial charge in [-0.3, -0.25) is 18.7 Å². The van der Waals surface area contributed by atoms with Crippen LogP contribution in [0.1, 0.15) is 86.7 Å². The number of nitrogens with one attached hydrogen (secondary N) is 2. The van der Waals surface area contributed by atoms with Gasteiger partial charge in [-0.2, -0.15) is 13.2 Å². The highest BCUT2D eigenvalue weighted by atomic mass is 19.4. The van der Waals surface area contributed by atoms with Gasteiger partial charge in [0, 0.05) is 31.5 Å². The van der Waals surface area contributed by atoms with E-state index in [1.165, 1.54) is 36.2 Å². The van der Waals surface area contributed by atoms with Crippen LogP contribution in [0.15, 0.2) is 23.3 Å². The second-order valence-corrected chi connectivity index (χ2v) is 12.7. The third-order valence-corrected chi connectivity index (χ3v) is 10.0. The van der Waals surface area contributed by atoms with E-state index in [-0.39, 0.29) is 23.3 Å². The summed E-state index contributed by atoms with van der Waals surface area (Å²) in [5.74, 6) is 1.27. The van der Waals surface area contributed by atoms with Gasteiger partial charge in [-0.15, -0.1) is 0 Å². The Bertz CT molecular complexity index is 1300. The van der Waals surface area contributed by atoms with E-state index in [0.29, 0.717) is 36.8 Å². The number of rotatable bonds is 5. The molecule has 2 saturated heterocycles. The zero-order chi connectivity index (χ0) is 28.2. The van der Waals surface area contributed by atoms with E-state index in [1.807, 2.05) is 6.92 Å². The van der Waals surface area contributed by atoms with E-state index in [2.05, 4.69) is 22.8 Å². The number of amides is 1. The first kappa shape index (κ1) is 27.8. The number of carbonyl (C=O) groups excluding carboxylic acids is 1. The van der Waals surface area contributed by atoms with Crippen LogP contribution in [-0.4, -0.2) is 57.6 Å². The maximum atomic E-state index is 14.3. The summed E-state index contributed by atoms with van der Waals surface area (Å²) in [5.41, 5.74) is 5.02. The van der Waals surface area contributed by atoms with Crippen molar-refractivity contribution in [3.05, 3.63) is 40.1 Å². The molecule has 8 nitrogen and oxygen atoms in total. The van der Waals surface area contributed by atoms with Crippen molar-refractivity contribution in [2.24, 2.45) is 23.7 Å². The van der Waals surface area contributed by atoms with Crippen LogP contribution in [0.3, 0.4) is 0 Å². The molecule has 4 fully saturated rings. The number of hydrogen-bond donors (Lipinski definition) is 2. The third kappa shape index (κ3) is 5.09. The number of piperidine rings is 1. The van der Waals surface area contributed by atoms with Crippen molar-refractivity contribution in [2.45, 2.75) is 83.1 Å². The maximum absolute atomic E-state index is 14.3. The Labute approximate surface area is 232 Å². The predicted octanol–water partition coefficient (Wildman–Crippen LogP) is 4.46. The van der Waals surface area contributed by atoms with Crippen molar-refractivity contribution in [2.75, 3.05) is 26.8 Å². The molecule has 11 heteroatoms. The van der Waals surface area contributed by atoms with Gasteiger partial charge in [0.05, 0.1) is 29.5 Å². The highest BCUT2D eigenvalue weighted by Crippen LogP contribution is 2.47. The van der Waals surface area contributed by atoms with E-state index >= 15 is 0 Å². The standard InChI is InChI=1S/C29H41F3N6O2/c1-18-6-5-11-36(14-18)27(39)21-13-23(29(30,31)32)24-16-37(28(40)38(24)15-21)22-10-4-9-20(12-22)25(19-7-3-8-19)26-34-33-17-35(26)2/h13,15-16,18-20,22,25-26,33-34H,3-12,14,17H2,1-2H3/t18-,20?,22?,25+,26?/m0/s1. The van der Waals surface area contributed by atoms with Crippen LogP contribution in [-0.2, 0) is 6.18 Å². The summed E-state index contributed by atoms with van der Waals surface area (Å²) in [7, 11) is 2.11. The summed E-state index contributed by atoms with van der Waals surface area (Å²) in [6, 6.07) is 0.766. The fourth-order valence-corrected chi connectivity index (χ4v) is 7.77. The van der Waals surface area contributed by atoms with Crippen molar-refractivity contribution in [1.82, 2.24) is 29.6 Å². The predicted molar refractivity (Wildman–Crippen MR) is 145 cm³/mol. The molecular weight excluding hydrogens is 521 g/mol. The van der Waals surface area contributed by atoms with Crippen molar-refractivity contribution in [3.8, 4) is 0 Å². The minimum Gasteiger partial charge on any atom is -0.338 e. The largest absolute Gasteiger partial charge is 0.418 e. The second kappa shape index (κ2) is 10.8. The Balaban J connectivity index is 1.33. The summed E-state index contributed by atoms with van der Waals surface area (Å²) in [6.07, 6.45) is 7.22. The Hall–Kier alpha value is -2.37. The first-order chi connectivity index (χ1) is 19.1. The molecule has 2 aliphatic carbocycles. The molecule has 2 saturated carbocycles. The molecule has 0 spiro atoms. The van der Waals surface area contributed by atoms with Gasteiger partial charge >= 0.3 is 11.9 Å². The number of imidazole rings is 1. The average Bonchev–Trinajstić information content (AvgIpc) is 3.47. The van der Waals surface area contributed by atoms with Crippen molar-refractivity contribution >= 4 is 11.4 Å². The number of aromatic nitrogens is 2. The Morgan fingerprint density at radius 2 is 1.80 bits per heavy atom. The van der Waals surface area contributed by atoms with Gasteiger partial charge in [0.15, 0.2) is 0 Å². The number of pyridine rings is 1. The lowest BCUT2D eigenvalue weighted by Gasteiger charge is -2.46. The number of alkyl halides is 3. The van der Waals surface area contributed by atoms with E-state index in [1.54, 1.807) is 4.90 Å². The molecular formula is C29H41F3N6O2. The molecule has 2 N–H and O–H groups in total. The van der Waals surface area contributed by atoms with Crippen molar-refractivity contribution < 1.29 is 18.0 Å². The third-order valence-electron chi connectivity index (χ3n) is 10.0. The quantitative estimate of drug-likeness (QED) is 0.563. The molecule has 4 heterocycles. The zero-order valence-electron chi connectivity index (χ0n) is 23.4. The van der Waals surface area contributed by atoms with E-state index in [9.17, 15) is 22.8 Å². The molecule has 40 heavy (non-hydrogen) atoms. The van der Waals surface area contributed by atoms with Crippen LogP contribution in [0.5, 0.6) is 0 Å². The van der Waals surface area contributed by atoms with E-state index in [4.69, 9.17) is 0 Å². The van der Waals surface area contributed by atoms with Crippen LogP contribution < -0.4 is 16.5 Å². The molecule has 2 aromatic heterocycles. The van der Waals surface area contributed by atoms with Gasteiger partial charge in [0.2, 0.25) is 0 Å². The lowest BCUT2D eigenvalue weighted by Crippen LogP contribution is -2.50. The van der Waals surface area contributed by atoms with Gasteiger partial charge in [0.25, 0.3) is 5.91 Å². The van der Waals surface area contributed by atoms with Crippen LogP contribution >= 0.6 is 0 Å². The molecule has 5 atom stereocenters. The first-order valence-corrected chi connectivity index (χ1v) is 14.9. The number of likely N-dealkylation sites (tertiary alicyclic amines) is 1. The van der Waals surface area contributed by atoms with Crippen LogP contribution in [0.4, 0.5) is 13.2 Å². The molecule has 0 radical (unpaired) electrons. The highest BCUT2D eigenvalue weighted by Gasteiger charge is 2.44. The smallest absolute Gasteiger partial charge is 0.338 e. The Morgan fingerprint density at radius 3 is 2.45 bits per heavy atom. The summed E-state index contributed by atoms with van der Waals surface area (Å²) in [4.78, 5) is 30.9. The molecule has 3 unspecified atom stereocenters. The fraction of sp³-hybridized carbons (Fsp3) is 0.724. The van der Waals surface area contributed by atoms with Crippen LogP contribution in [0.2, 0.25) is 0 Å². The molecule has 220 valence electrons. The molecule has 0 bridgehead atoms. The van der Waals surface area contributed by atoms with E-state index < -0.39 is 23.3 Å². The van der Waals surface area contributed by atoms with Gasteiger partial charge in [-0.05, 0) is 68.9 Å². The Kier molecular flexibility index (Phi) is 7.50. The molecule has 0 aromatic carbocycles. The monoisotopic (exact) mass is 562 g/mol. The van der Waals surface area contributed by atoms with Gasteiger partial charge in [0.1, 0.15) is 0 Å². The minimum atomic E-state index is -4.69. The summed E-state index contributed by atoms with van der Waals surface area (Å²) in [6.45, 7) is 3.84. The van der Waals surface area contributed by atoms with Gasteiger partial charge in [-0.1, -0.05) is 32.6 Å². The van der Waals surface area contributed by atoms with Crippen LogP contribution in [0.25, 0.3) is 5.52 Å². The average molecular weight is 563 g/mol. The summed E-state index contributed by atoms with van der Waals surface area (Å²) in [5, 5.41) is 0. The number of halogens is 3. The number of hydrazine groups is 1.